The lowest BCUT2D eigenvalue weighted by Gasteiger charge is -2.29. The van der Waals surface area contributed by atoms with Crippen LogP contribution in [-0.4, -0.2) is 21.5 Å². The second-order valence-electron chi connectivity index (χ2n) is 7.65. The maximum atomic E-state index is 13.6. The molecule has 4 rings (SSSR count). The Morgan fingerprint density at radius 3 is 2.45 bits per heavy atom. The van der Waals surface area contributed by atoms with Crippen LogP contribution in [0.25, 0.3) is 11.8 Å². The number of thiocarbonyl (C=S) groups is 1. The van der Waals surface area contributed by atoms with E-state index in [-0.39, 0.29) is 21.4 Å². The summed E-state index contributed by atoms with van der Waals surface area (Å²) in [7, 11) is 0. The van der Waals surface area contributed by atoms with Crippen LogP contribution in [0.4, 0.5) is 10.1 Å². The van der Waals surface area contributed by atoms with Crippen molar-refractivity contribution in [3.05, 3.63) is 86.4 Å². The highest BCUT2D eigenvalue weighted by molar-refractivity contribution is 7.80. The molecule has 0 radical (unpaired) electrons. The van der Waals surface area contributed by atoms with Crippen molar-refractivity contribution in [2.45, 2.75) is 20.8 Å². The maximum absolute atomic E-state index is 13.6. The average Bonchev–Trinajstić information content (AvgIpc) is 3.02. The van der Waals surface area contributed by atoms with E-state index >= 15 is 0 Å². The number of carbonyl (C=O) groups excluding carboxylic acids is 2. The fourth-order valence-electron chi connectivity index (χ4n) is 3.80. The molecule has 168 valence electrons. The zero-order chi connectivity index (χ0) is 24.0. The van der Waals surface area contributed by atoms with Crippen LogP contribution in [0.5, 0.6) is 0 Å². The highest BCUT2D eigenvalue weighted by Gasteiger charge is 2.35. The van der Waals surface area contributed by atoms with Gasteiger partial charge in [-0.3, -0.25) is 19.8 Å². The fourth-order valence-corrected chi connectivity index (χ4v) is 4.42. The predicted molar refractivity (Wildman–Crippen MR) is 133 cm³/mol. The molecule has 0 atom stereocenters. The summed E-state index contributed by atoms with van der Waals surface area (Å²) < 4.78 is 15.6. The van der Waals surface area contributed by atoms with Crippen LogP contribution >= 0.6 is 35.4 Å². The first kappa shape index (κ1) is 23.2. The molecule has 1 aliphatic heterocycles. The summed E-state index contributed by atoms with van der Waals surface area (Å²) in [5.41, 5.74) is 4.51. The van der Waals surface area contributed by atoms with E-state index in [1.54, 1.807) is 0 Å². The van der Waals surface area contributed by atoms with Crippen molar-refractivity contribution >= 4 is 64.1 Å². The van der Waals surface area contributed by atoms with Gasteiger partial charge in [0.2, 0.25) is 0 Å². The Morgan fingerprint density at radius 1 is 1.03 bits per heavy atom. The number of amides is 2. The normalized spacial score (nSPS) is 15.4. The zero-order valence-electron chi connectivity index (χ0n) is 17.9. The van der Waals surface area contributed by atoms with Gasteiger partial charge >= 0.3 is 0 Å². The van der Waals surface area contributed by atoms with Gasteiger partial charge in [0, 0.05) is 22.1 Å². The molecule has 3 aromatic rings. The third kappa shape index (κ3) is 4.19. The summed E-state index contributed by atoms with van der Waals surface area (Å²) in [6, 6.07) is 11.3. The van der Waals surface area contributed by atoms with E-state index in [0.717, 1.165) is 33.6 Å². The van der Waals surface area contributed by atoms with Gasteiger partial charge in [0.25, 0.3) is 11.8 Å². The lowest BCUT2D eigenvalue weighted by molar-refractivity contribution is -0.122. The number of aryl methyl sites for hydroxylation is 2. The molecule has 2 aromatic carbocycles. The van der Waals surface area contributed by atoms with Crippen molar-refractivity contribution in [2.24, 2.45) is 0 Å². The minimum atomic E-state index is -0.629. The number of aromatic nitrogens is 1. The zero-order valence-corrected chi connectivity index (χ0v) is 20.2. The van der Waals surface area contributed by atoms with E-state index in [9.17, 15) is 14.0 Å². The van der Waals surface area contributed by atoms with E-state index in [2.05, 4.69) is 5.32 Å². The maximum Gasteiger partial charge on any atom is 0.270 e. The first-order valence-electron chi connectivity index (χ1n) is 9.90. The number of hydrogen-bond acceptors (Lipinski definition) is 3. The molecule has 9 heteroatoms. The molecule has 5 nitrogen and oxygen atoms in total. The topological polar surface area (TPSA) is 54.3 Å². The van der Waals surface area contributed by atoms with E-state index in [0.29, 0.717) is 10.6 Å². The molecule has 0 saturated carbocycles. The van der Waals surface area contributed by atoms with Crippen LogP contribution in [-0.2, 0) is 9.59 Å². The van der Waals surface area contributed by atoms with Gasteiger partial charge in [0.1, 0.15) is 11.4 Å². The van der Waals surface area contributed by atoms with Gasteiger partial charge < -0.3 is 4.57 Å². The molecule has 2 amide bonds. The van der Waals surface area contributed by atoms with Crippen molar-refractivity contribution in [1.82, 2.24) is 9.88 Å². The molecule has 1 aromatic heterocycles. The second kappa shape index (κ2) is 8.74. The number of carbonyl (C=O) groups is 2. The summed E-state index contributed by atoms with van der Waals surface area (Å²) in [6.07, 6.45) is 1.52. The van der Waals surface area contributed by atoms with Gasteiger partial charge in [0.15, 0.2) is 5.11 Å². The van der Waals surface area contributed by atoms with Crippen LogP contribution in [0.15, 0.2) is 48.0 Å². The molecule has 0 unspecified atom stereocenters. The molecular formula is C24H18Cl2FN3O2S. The van der Waals surface area contributed by atoms with Crippen molar-refractivity contribution in [3.63, 3.8) is 0 Å². The van der Waals surface area contributed by atoms with Gasteiger partial charge in [0.05, 0.1) is 10.7 Å². The Balaban J connectivity index is 1.79. The SMILES string of the molecule is Cc1ccc(Cl)cc1-n1c(C)cc(/C=C2\C(=O)NC(=S)N(c3ccc(F)c(Cl)c3)C2=O)c1C. The minimum Gasteiger partial charge on any atom is -0.318 e. The van der Waals surface area contributed by atoms with Gasteiger partial charge in [-0.05, 0) is 86.6 Å². The fraction of sp³-hybridized carbons (Fsp3) is 0.125. The molecule has 2 heterocycles. The van der Waals surface area contributed by atoms with Gasteiger partial charge in [-0.1, -0.05) is 29.3 Å². The van der Waals surface area contributed by atoms with E-state index in [1.807, 2.05) is 49.6 Å². The Bertz CT molecular complexity index is 1380. The number of benzene rings is 2. The molecule has 1 aliphatic rings. The average molecular weight is 502 g/mol. The van der Waals surface area contributed by atoms with Crippen LogP contribution in [0, 0.1) is 26.6 Å². The highest BCUT2D eigenvalue weighted by Crippen LogP contribution is 2.29. The molecule has 0 spiro atoms. The minimum absolute atomic E-state index is 0.105. The van der Waals surface area contributed by atoms with Crippen molar-refractivity contribution < 1.29 is 14.0 Å². The Kier molecular flexibility index (Phi) is 6.14. The molecule has 33 heavy (non-hydrogen) atoms. The quantitative estimate of drug-likeness (QED) is 0.285. The number of nitrogens with zero attached hydrogens (tertiary/aromatic N) is 2. The number of nitrogens with one attached hydrogen (secondary N) is 1. The number of halogens is 3. The predicted octanol–water partition coefficient (Wildman–Crippen LogP) is 5.68. The van der Waals surface area contributed by atoms with Gasteiger partial charge in [-0.2, -0.15) is 0 Å². The first-order valence-corrected chi connectivity index (χ1v) is 11.1. The van der Waals surface area contributed by atoms with Gasteiger partial charge in [-0.15, -0.1) is 0 Å². The van der Waals surface area contributed by atoms with Crippen molar-refractivity contribution in [3.8, 4) is 5.69 Å². The van der Waals surface area contributed by atoms with Crippen molar-refractivity contribution in [2.75, 3.05) is 4.90 Å². The number of hydrogen-bond donors (Lipinski definition) is 1. The second-order valence-corrected chi connectivity index (χ2v) is 8.88. The number of rotatable bonds is 3. The highest BCUT2D eigenvalue weighted by atomic mass is 35.5. The summed E-state index contributed by atoms with van der Waals surface area (Å²) in [5, 5.41) is 2.86. The number of anilines is 1. The van der Waals surface area contributed by atoms with Crippen LogP contribution in [0.1, 0.15) is 22.5 Å². The van der Waals surface area contributed by atoms with Crippen LogP contribution in [0.3, 0.4) is 0 Å². The molecule has 1 saturated heterocycles. The summed E-state index contributed by atoms with van der Waals surface area (Å²) in [5.74, 6) is -1.87. The molecular weight excluding hydrogens is 484 g/mol. The van der Waals surface area contributed by atoms with Crippen LogP contribution in [0.2, 0.25) is 10.0 Å². The largest absolute Gasteiger partial charge is 0.318 e. The summed E-state index contributed by atoms with van der Waals surface area (Å²) >= 11 is 17.3. The monoisotopic (exact) mass is 501 g/mol. The third-order valence-electron chi connectivity index (χ3n) is 5.45. The smallest absolute Gasteiger partial charge is 0.270 e. The first-order chi connectivity index (χ1) is 15.6. The van der Waals surface area contributed by atoms with E-state index < -0.39 is 17.6 Å². The van der Waals surface area contributed by atoms with Gasteiger partial charge in [-0.25, -0.2) is 4.39 Å². The molecule has 0 aliphatic carbocycles. The van der Waals surface area contributed by atoms with E-state index in [1.165, 1.54) is 18.2 Å². The lowest BCUT2D eigenvalue weighted by Crippen LogP contribution is -2.54. The molecule has 1 fully saturated rings. The Morgan fingerprint density at radius 2 is 1.76 bits per heavy atom. The Hall–Kier alpha value is -3.00. The Labute approximate surface area is 205 Å². The van der Waals surface area contributed by atoms with E-state index in [4.69, 9.17) is 35.4 Å². The molecule has 1 N–H and O–H groups in total. The molecule has 0 bridgehead atoms. The lowest BCUT2D eigenvalue weighted by atomic mass is 10.1. The standard InChI is InChI=1S/C24H18Cl2FN3O2S/c1-12-4-5-16(25)10-21(12)29-13(2)8-15(14(29)3)9-18-22(31)28-24(33)30(23(18)32)17-6-7-20(27)19(26)11-17/h4-11H,1-3H3,(H,28,31,33)/b18-9+. The third-order valence-corrected chi connectivity index (χ3v) is 6.25. The van der Waals surface area contributed by atoms with Crippen molar-refractivity contribution in [1.29, 1.82) is 0 Å². The summed E-state index contributed by atoms with van der Waals surface area (Å²) in [6.45, 7) is 5.81. The van der Waals surface area contributed by atoms with Crippen LogP contribution < -0.4 is 10.2 Å². The summed E-state index contributed by atoms with van der Waals surface area (Å²) in [4.78, 5) is 27.1.